The Balaban J connectivity index is 2.39. The number of cyclic esters (lactones) is 1. The molecule has 1 aromatic carbocycles. The van der Waals surface area contributed by atoms with Gasteiger partial charge in [-0.25, -0.2) is 4.79 Å². The number of aliphatic hydroxyl groups is 1. The summed E-state index contributed by atoms with van der Waals surface area (Å²) in [7, 11) is 0. The fourth-order valence-electron chi connectivity index (χ4n) is 2.11. The Morgan fingerprint density at radius 2 is 2.05 bits per heavy atom. The molecular formula is C12H12F3NO3. The number of β-amino-alcohol motifs (C(OH)–C–C–N with tert-alkyl or cyclic N) is 1. The van der Waals surface area contributed by atoms with Gasteiger partial charge in [-0.15, -0.1) is 0 Å². The molecule has 0 aromatic heterocycles. The van der Waals surface area contributed by atoms with Gasteiger partial charge in [0.25, 0.3) is 0 Å². The maximum absolute atomic E-state index is 12.9. The molecule has 1 aliphatic heterocycles. The van der Waals surface area contributed by atoms with Crippen LogP contribution in [0, 0.1) is 0 Å². The Morgan fingerprint density at radius 1 is 1.37 bits per heavy atom. The quantitative estimate of drug-likeness (QED) is 0.920. The highest BCUT2D eigenvalue weighted by molar-refractivity contribution is 5.70. The van der Waals surface area contributed by atoms with Crippen molar-refractivity contribution in [2.24, 2.45) is 0 Å². The van der Waals surface area contributed by atoms with E-state index in [1.807, 2.05) is 0 Å². The van der Waals surface area contributed by atoms with Crippen LogP contribution in [0.4, 0.5) is 18.0 Å². The summed E-state index contributed by atoms with van der Waals surface area (Å²) in [6.45, 7) is -0.540. The zero-order valence-electron chi connectivity index (χ0n) is 9.85. The van der Waals surface area contributed by atoms with Gasteiger partial charge in [0.05, 0.1) is 18.2 Å². The normalized spacial score (nSPS) is 19.7. The summed E-state index contributed by atoms with van der Waals surface area (Å²) in [6, 6.07) is 4.23. The summed E-state index contributed by atoms with van der Waals surface area (Å²) in [5, 5.41) is 8.87. The molecule has 1 N–H and O–H groups in total. The van der Waals surface area contributed by atoms with E-state index in [-0.39, 0.29) is 25.3 Å². The molecule has 1 atom stereocenters. The molecule has 7 heteroatoms. The van der Waals surface area contributed by atoms with Crippen LogP contribution < -0.4 is 0 Å². The molecule has 1 fully saturated rings. The van der Waals surface area contributed by atoms with Gasteiger partial charge in [-0.2, -0.15) is 13.2 Å². The van der Waals surface area contributed by atoms with E-state index in [0.717, 1.165) is 11.0 Å². The molecule has 1 unspecified atom stereocenters. The summed E-state index contributed by atoms with van der Waals surface area (Å²) >= 11 is 0. The predicted octanol–water partition coefficient (Wildman–Crippen LogP) is 2.19. The molecule has 0 bridgehead atoms. The van der Waals surface area contributed by atoms with Crippen molar-refractivity contribution in [1.29, 1.82) is 0 Å². The van der Waals surface area contributed by atoms with Crippen LogP contribution in [0.3, 0.4) is 0 Å². The van der Waals surface area contributed by atoms with E-state index in [9.17, 15) is 18.0 Å². The highest BCUT2D eigenvalue weighted by atomic mass is 19.4. The van der Waals surface area contributed by atoms with Gasteiger partial charge in [0.1, 0.15) is 6.61 Å². The zero-order chi connectivity index (χ0) is 14.0. The van der Waals surface area contributed by atoms with Crippen LogP contribution in [0.25, 0.3) is 0 Å². The van der Waals surface area contributed by atoms with Gasteiger partial charge < -0.3 is 9.84 Å². The maximum Gasteiger partial charge on any atom is 0.416 e. The molecule has 1 heterocycles. The molecule has 0 radical (unpaired) electrons. The predicted molar refractivity (Wildman–Crippen MR) is 59.3 cm³/mol. The second-order valence-corrected chi connectivity index (χ2v) is 4.09. The number of halogens is 3. The molecule has 1 aromatic rings. The van der Waals surface area contributed by atoms with Crippen molar-refractivity contribution in [3.8, 4) is 0 Å². The van der Waals surface area contributed by atoms with Crippen LogP contribution >= 0.6 is 0 Å². The largest absolute Gasteiger partial charge is 0.447 e. The molecule has 0 aliphatic carbocycles. The first-order valence-corrected chi connectivity index (χ1v) is 5.65. The Morgan fingerprint density at radius 3 is 2.68 bits per heavy atom. The van der Waals surface area contributed by atoms with Crippen molar-refractivity contribution < 1.29 is 27.8 Å². The number of ether oxygens (including phenoxy) is 1. The Bertz CT molecular complexity index is 476. The van der Waals surface area contributed by atoms with Crippen molar-refractivity contribution >= 4 is 6.09 Å². The van der Waals surface area contributed by atoms with Gasteiger partial charge in [0.2, 0.25) is 0 Å². The third kappa shape index (κ3) is 2.65. The highest BCUT2D eigenvalue weighted by Crippen LogP contribution is 2.38. The molecule has 19 heavy (non-hydrogen) atoms. The summed E-state index contributed by atoms with van der Waals surface area (Å²) in [6.07, 6.45) is -5.20. The van der Waals surface area contributed by atoms with Crippen LogP contribution in [0.2, 0.25) is 0 Å². The van der Waals surface area contributed by atoms with E-state index >= 15 is 0 Å². The molecule has 0 saturated carbocycles. The van der Waals surface area contributed by atoms with Crippen LogP contribution in [0.15, 0.2) is 24.3 Å². The summed E-state index contributed by atoms with van der Waals surface area (Å²) < 4.78 is 43.5. The van der Waals surface area contributed by atoms with E-state index in [1.54, 1.807) is 0 Å². The molecule has 1 saturated heterocycles. The van der Waals surface area contributed by atoms with E-state index in [0.29, 0.717) is 0 Å². The first-order chi connectivity index (χ1) is 8.95. The fraction of sp³-hybridized carbons (Fsp3) is 0.417. The Kier molecular flexibility index (Phi) is 3.66. The number of carbonyl (C=O) groups is 1. The lowest BCUT2D eigenvalue weighted by Gasteiger charge is -2.23. The third-order valence-corrected chi connectivity index (χ3v) is 2.94. The van der Waals surface area contributed by atoms with Crippen molar-refractivity contribution in [2.75, 3.05) is 19.8 Å². The maximum atomic E-state index is 12.9. The topological polar surface area (TPSA) is 49.8 Å². The fourth-order valence-corrected chi connectivity index (χ4v) is 2.11. The average molecular weight is 275 g/mol. The van der Waals surface area contributed by atoms with Crippen LogP contribution in [0.1, 0.15) is 17.2 Å². The lowest BCUT2D eigenvalue weighted by Crippen LogP contribution is -2.31. The minimum absolute atomic E-state index is 0.0192. The molecule has 2 rings (SSSR count). The third-order valence-electron chi connectivity index (χ3n) is 2.94. The van der Waals surface area contributed by atoms with Crippen molar-refractivity contribution in [1.82, 2.24) is 4.90 Å². The van der Waals surface area contributed by atoms with Gasteiger partial charge in [0, 0.05) is 6.54 Å². The first kappa shape index (κ1) is 13.7. The molecule has 1 amide bonds. The van der Waals surface area contributed by atoms with E-state index < -0.39 is 23.9 Å². The summed E-state index contributed by atoms with van der Waals surface area (Å²) in [4.78, 5) is 12.5. The average Bonchev–Trinajstić information content (AvgIpc) is 2.71. The minimum Gasteiger partial charge on any atom is -0.447 e. The summed E-state index contributed by atoms with van der Waals surface area (Å²) in [5.41, 5.74) is -0.810. The molecule has 1 aliphatic rings. The number of alkyl halides is 3. The number of carbonyl (C=O) groups excluding carboxylic acids is 1. The zero-order valence-corrected chi connectivity index (χ0v) is 9.85. The highest BCUT2D eigenvalue weighted by Gasteiger charge is 2.40. The number of rotatable bonds is 3. The smallest absolute Gasteiger partial charge is 0.416 e. The monoisotopic (exact) mass is 275 g/mol. The minimum atomic E-state index is -4.49. The van der Waals surface area contributed by atoms with Crippen LogP contribution in [-0.4, -0.2) is 35.9 Å². The van der Waals surface area contributed by atoms with Gasteiger partial charge in [-0.1, -0.05) is 18.2 Å². The number of hydrogen-bond donors (Lipinski definition) is 1. The number of nitrogens with zero attached hydrogens (tertiary/aromatic N) is 1. The lowest BCUT2D eigenvalue weighted by atomic mass is 10.00. The van der Waals surface area contributed by atoms with Gasteiger partial charge in [0.15, 0.2) is 0 Å². The lowest BCUT2D eigenvalue weighted by molar-refractivity contribution is -0.138. The van der Waals surface area contributed by atoms with Gasteiger partial charge in [-0.05, 0) is 11.6 Å². The number of benzene rings is 1. The SMILES string of the molecule is O=C1OCC(c2ccccc2C(F)(F)F)N1CCO. The van der Waals surface area contributed by atoms with Crippen LogP contribution in [0.5, 0.6) is 0 Å². The van der Waals surface area contributed by atoms with Crippen LogP contribution in [-0.2, 0) is 10.9 Å². The van der Waals surface area contributed by atoms with E-state index in [2.05, 4.69) is 0 Å². The van der Waals surface area contributed by atoms with Crippen molar-refractivity contribution in [3.63, 3.8) is 0 Å². The molecule has 4 nitrogen and oxygen atoms in total. The Hall–Kier alpha value is -1.76. The van der Waals surface area contributed by atoms with Crippen molar-refractivity contribution in [3.05, 3.63) is 35.4 Å². The van der Waals surface area contributed by atoms with Gasteiger partial charge in [-0.3, -0.25) is 4.90 Å². The number of hydrogen-bond acceptors (Lipinski definition) is 3. The van der Waals surface area contributed by atoms with Crippen molar-refractivity contribution in [2.45, 2.75) is 12.2 Å². The molecule has 0 spiro atoms. The number of amides is 1. The van der Waals surface area contributed by atoms with E-state index in [4.69, 9.17) is 9.84 Å². The molecular weight excluding hydrogens is 263 g/mol. The van der Waals surface area contributed by atoms with Gasteiger partial charge >= 0.3 is 12.3 Å². The molecule has 104 valence electrons. The first-order valence-electron chi connectivity index (χ1n) is 5.65. The summed E-state index contributed by atoms with van der Waals surface area (Å²) in [5.74, 6) is 0. The Labute approximate surface area is 107 Å². The second kappa shape index (κ2) is 5.08. The number of aliphatic hydroxyl groups excluding tert-OH is 1. The standard InChI is InChI=1S/C12H12F3NO3/c13-12(14,15)9-4-2-1-3-8(9)10-7-19-11(18)16(10)5-6-17/h1-4,10,17H,5-7H2. The second-order valence-electron chi connectivity index (χ2n) is 4.09. The van der Waals surface area contributed by atoms with E-state index in [1.165, 1.54) is 18.2 Å².